The summed E-state index contributed by atoms with van der Waals surface area (Å²) in [6, 6.07) is 13.9. The first kappa shape index (κ1) is 21.8. The Morgan fingerprint density at radius 1 is 1.00 bits per heavy atom. The number of likely N-dealkylation sites (N-methyl/N-ethyl adjacent to an activating group) is 1. The topological polar surface area (TPSA) is 55.9 Å². The highest BCUT2D eigenvalue weighted by molar-refractivity contribution is 5.93. The van der Waals surface area contributed by atoms with Crippen molar-refractivity contribution in [2.24, 2.45) is 0 Å². The minimum atomic E-state index is -0.0925. The van der Waals surface area contributed by atoms with E-state index in [1.54, 1.807) is 7.05 Å². The van der Waals surface area contributed by atoms with Crippen LogP contribution in [-0.2, 0) is 11.3 Å². The van der Waals surface area contributed by atoms with E-state index in [1.165, 1.54) is 16.8 Å². The molecule has 0 aromatic heterocycles. The van der Waals surface area contributed by atoms with Crippen molar-refractivity contribution in [3.63, 3.8) is 0 Å². The van der Waals surface area contributed by atoms with Crippen LogP contribution in [0.2, 0.25) is 0 Å². The quantitative estimate of drug-likeness (QED) is 0.798. The molecule has 1 fully saturated rings. The molecule has 30 heavy (non-hydrogen) atoms. The third kappa shape index (κ3) is 5.19. The van der Waals surface area contributed by atoms with E-state index in [4.69, 9.17) is 0 Å². The number of carbonyl (C=O) groups is 2. The third-order valence-electron chi connectivity index (χ3n) is 5.85. The van der Waals surface area contributed by atoms with Crippen molar-refractivity contribution in [3.05, 3.63) is 64.7 Å². The predicted molar refractivity (Wildman–Crippen MR) is 121 cm³/mol. The van der Waals surface area contributed by atoms with Crippen LogP contribution in [0.4, 0.5) is 5.69 Å². The van der Waals surface area contributed by atoms with E-state index in [0.29, 0.717) is 18.7 Å². The molecule has 2 amide bonds. The SMILES string of the molecule is CNC(=O)c1ccc(CN(C)CC(=O)N2CCN(c3cccc(C)c3C)CC2)cc1. The number of piperazine rings is 1. The second-order valence-corrected chi connectivity index (χ2v) is 8.04. The zero-order valence-electron chi connectivity index (χ0n) is 18.4. The molecule has 2 aromatic carbocycles. The van der Waals surface area contributed by atoms with Gasteiger partial charge in [-0.05, 0) is 55.8 Å². The molecule has 160 valence electrons. The van der Waals surface area contributed by atoms with Crippen LogP contribution in [0.1, 0.15) is 27.0 Å². The lowest BCUT2D eigenvalue weighted by Gasteiger charge is -2.37. The highest BCUT2D eigenvalue weighted by Crippen LogP contribution is 2.23. The van der Waals surface area contributed by atoms with Gasteiger partial charge < -0.3 is 15.1 Å². The molecule has 0 atom stereocenters. The molecule has 1 aliphatic heterocycles. The molecule has 0 bridgehead atoms. The van der Waals surface area contributed by atoms with Crippen LogP contribution >= 0.6 is 0 Å². The van der Waals surface area contributed by atoms with Gasteiger partial charge in [0.25, 0.3) is 5.91 Å². The van der Waals surface area contributed by atoms with Crippen LogP contribution in [0.5, 0.6) is 0 Å². The van der Waals surface area contributed by atoms with Crippen molar-refractivity contribution in [2.45, 2.75) is 20.4 Å². The van der Waals surface area contributed by atoms with E-state index in [0.717, 1.165) is 31.7 Å². The second-order valence-electron chi connectivity index (χ2n) is 8.04. The van der Waals surface area contributed by atoms with E-state index in [1.807, 2.05) is 41.1 Å². The van der Waals surface area contributed by atoms with Crippen molar-refractivity contribution < 1.29 is 9.59 Å². The Morgan fingerprint density at radius 2 is 1.67 bits per heavy atom. The van der Waals surface area contributed by atoms with Gasteiger partial charge in [-0.3, -0.25) is 14.5 Å². The summed E-state index contributed by atoms with van der Waals surface area (Å²) in [6.07, 6.45) is 0. The third-order valence-corrected chi connectivity index (χ3v) is 5.85. The molecule has 0 saturated carbocycles. The van der Waals surface area contributed by atoms with Gasteiger partial charge in [-0.1, -0.05) is 24.3 Å². The standard InChI is InChI=1S/C24H32N4O2/c1-18-6-5-7-22(19(18)2)27-12-14-28(15-13-27)23(29)17-26(4)16-20-8-10-21(11-9-20)24(30)25-3/h5-11H,12-17H2,1-4H3,(H,25,30). The Morgan fingerprint density at radius 3 is 2.30 bits per heavy atom. The monoisotopic (exact) mass is 408 g/mol. The van der Waals surface area contributed by atoms with Crippen molar-refractivity contribution in [2.75, 3.05) is 51.7 Å². The van der Waals surface area contributed by atoms with Gasteiger partial charge in [0.1, 0.15) is 0 Å². The van der Waals surface area contributed by atoms with Crippen molar-refractivity contribution in [1.82, 2.24) is 15.1 Å². The second kappa shape index (κ2) is 9.76. The first-order chi connectivity index (χ1) is 14.4. The molecule has 3 rings (SSSR count). The van der Waals surface area contributed by atoms with Crippen LogP contribution in [0.25, 0.3) is 0 Å². The fourth-order valence-electron chi connectivity index (χ4n) is 3.88. The molecule has 0 spiro atoms. The lowest BCUT2D eigenvalue weighted by Crippen LogP contribution is -2.51. The maximum absolute atomic E-state index is 12.8. The molecular weight excluding hydrogens is 376 g/mol. The first-order valence-electron chi connectivity index (χ1n) is 10.5. The van der Waals surface area contributed by atoms with Crippen LogP contribution in [0.3, 0.4) is 0 Å². The number of aryl methyl sites for hydroxylation is 1. The number of amides is 2. The summed E-state index contributed by atoms with van der Waals surface area (Å²) in [5, 5.41) is 2.62. The van der Waals surface area contributed by atoms with Gasteiger partial charge in [0.2, 0.25) is 5.91 Å². The zero-order chi connectivity index (χ0) is 21.7. The zero-order valence-corrected chi connectivity index (χ0v) is 18.4. The van der Waals surface area contributed by atoms with Gasteiger partial charge >= 0.3 is 0 Å². The van der Waals surface area contributed by atoms with E-state index >= 15 is 0 Å². The Kier molecular flexibility index (Phi) is 7.11. The number of benzene rings is 2. The van der Waals surface area contributed by atoms with Gasteiger partial charge in [0.05, 0.1) is 6.54 Å². The highest BCUT2D eigenvalue weighted by atomic mass is 16.2. The maximum atomic E-state index is 12.8. The van der Waals surface area contributed by atoms with Crippen LogP contribution in [0, 0.1) is 13.8 Å². The molecule has 2 aromatic rings. The predicted octanol–water partition coefficient (Wildman–Crippen LogP) is 2.44. The Labute approximate surface area is 179 Å². The molecule has 1 heterocycles. The number of carbonyl (C=O) groups excluding carboxylic acids is 2. The van der Waals surface area contributed by atoms with Crippen molar-refractivity contribution in [3.8, 4) is 0 Å². The van der Waals surface area contributed by atoms with E-state index in [2.05, 4.69) is 42.3 Å². The smallest absolute Gasteiger partial charge is 0.251 e. The average Bonchev–Trinajstić information content (AvgIpc) is 2.75. The molecule has 0 radical (unpaired) electrons. The number of nitrogens with zero attached hydrogens (tertiary/aromatic N) is 3. The fourth-order valence-corrected chi connectivity index (χ4v) is 3.88. The lowest BCUT2D eigenvalue weighted by atomic mass is 10.1. The van der Waals surface area contributed by atoms with E-state index in [9.17, 15) is 9.59 Å². The Balaban J connectivity index is 1.49. The summed E-state index contributed by atoms with van der Waals surface area (Å²) in [5.41, 5.74) is 5.62. The molecule has 6 heteroatoms. The number of anilines is 1. The molecule has 1 aliphatic rings. The molecule has 0 unspecified atom stereocenters. The van der Waals surface area contributed by atoms with E-state index in [-0.39, 0.29) is 11.8 Å². The van der Waals surface area contributed by atoms with Crippen LogP contribution in [-0.4, -0.2) is 68.4 Å². The molecule has 1 N–H and O–H groups in total. The van der Waals surface area contributed by atoms with Crippen LogP contribution in [0.15, 0.2) is 42.5 Å². The number of hydrogen-bond donors (Lipinski definition) is 1. The minimum absolute atomic E-state index is 0.0925. The normalized spacial score (nSPS) is 14.2. The number of rotatable bonds is 6. The Hall–Kier alpha value is -2.86. The number of nitrogens with one attached hydrogen (secondary N) is 1. The van der Waals surface area contributed by atoms with Crippen molar-refractivity contribution >= 4 is 17.5 Å². The van der Waals surface area contributed by atoms with Gasteiger partial charge in [-0.15, -0.1) is 0 Å². The summed E-state index contributed by atoms with van der Waals surface area (Å²) in [6.45, 7) is 8.59. The van der Waals surface area contributed by atoms with Gasteiger partial charge in [-0.25, -0.2) is 0 Å². The Bertz CT molecular complexity index is 887. The largest absolute Gasteiger partial charge is 0.368 e. The summed E-state index contributed by atoms with van der Waals surface area (Å²) in [4.78, 5) is 30.8. The summed E-state index contributed by atoms with van der Waals surface area (Å²) in [5.74, 6) is 0.0742. The van der Waals surface area contributed by atoms with E-state index < -0.39 is 0 Å². The lowest BCUT2D eigenvalue weighted by molar-refractivity contribution is -0.132. The average molecular weight is 409 g/mol. The fraction of sp³-hybridized carbons (Fsp3) is 0.417. The molecular formula is C24H32N4O2. The summed E-state index contributed by atoms with van der Waals surface area (Å²) < 4.78 is 0. The summed E-state index contributed by atoms with van der Waals surface area (Å²) >= 11 is 0. The van der Waals surface area contributed by atoms with Crippen LogP contribution < -0.4 is 10.2 Å². The van der Waals surface area contributed by atoms with Gasteiger partial charge in [-0.2, -0.15) is 0 Å². The first-order valence-corrected chi connectivity index (χ1v) is 10.5. The maximum Gasteiger partial charge on any atom is 0.251 e. The highest BCUT2D eigenvalue weighted by Gasteiger charge is 2.23. The van der Waals surface area contributed by atoms with Gasteiger partial charge in [0, 0.05) is 51.0 Å². The molecule has 6 nitrogen and oxygen atoms in total. The van der Waals surface area contributed by atoms with Crippen molar-refractivity contribution in [1.29, 1.82) is 0 Å². The minimum Gasteiger partial charge on any atom is -0.368 e. The molecule has 1 saturated heterocycles. The number of hydrogen-bond acceptors (Lipinski definition) is 4. The molecule has 0 aliphatic carbocycles. The van der Waals surface area contributed by atoms with Gasteiger partial charge in [0.15, 0.2) is 0 Å². The summed E-state index contributed by atoms with van der Waals surface area (Å²) in [7, 11) is 3.58.